The van der Waals surface area contributed by atoms with Crippen LogP contribution in [0.15, 0.2) is 0 Å². The summed E-state index contributed by atoms with van der Waals surface area (Å²) in [7, 11) is 0. The van der Waals surface area contributed by atoms with Crippen molar-refractivity contribution >= 4 is 5.91 Å². The fraction of sp³-hybridized carbons (Fsp3) is 0.917. The number of carbonyl (C=O) groups is 1. The molecule has 0 saturated heterocycles. The van der Waals surface area contributed by atoms with Crippen molar-refractivity contribution in [2.75, 3.05) is 19.8 Å². The van der Waals surface area contributed by atoms with Crippen LogP contribution in [0.25, 0.3) is 0 Å². The number of carbonyl (C=O) groups excluding carboxylic acids is 1. The van der Waals surface area contributed by atoms with E-state index in [2.05, 4.69) is 5.32 Å². The van der Waals surface area contributed by atoms with Gasteiger partial charge in [-0.2, -0.15) is 0 Å². The Morgan fingerprint density at radius 3 is 2.18 bits per heavy atom. The fourth-order valence-corrected chi connectivity index (χ4v) is 1.35. The largest absolute Gasteiger partial charge is 0.351 e. The Labute approximate surface area is 104 Å². The summed E-state index contributed by atoms with van der Waals surface area (Å²) in [5, 5.41) is 2.75. The van der Waals surface area contributed by atoms with Gasteiger partial charge in [-0.25, -0.2) is 0 Å². The van der Waals surface area contributed by atoms with Gasteiger partial charge in [0.05, 0.1) is 12.6 Å². The molecular weight excluding hydrogens is 220 g/mol. The van der Waals surface area contributed by atoms with Gasteiger partial charge >= 0.3 is 0 Å². The minimum Gasteiger partial charge on any atom is -0.351 e. The van der Waals surface area contributed by atoms with Crippen LogP contribution in [0.4, 0.5) is 0 Å². The van der Waals surface area contributed by atoms with E-state index in [1.165, 1.54) is 0 Å². The fourth-order valence-electron chi connectivity index (χ4n) is 1.35. The van der Waals surface area contributed by atoms with Crippen LogP contribution in [0.1, 0.15) is 34.1 Å². The van der Waals surface area contributed by atoms with Crippen molar-refractivity contribution in [3.8, 4) is 0 Å². The minimum atomic E-state index is -0.469. The number of ether oxygens (including phenoxy) is 2. The third-order valence-corrected chi connectivity index (χ3v) is 2.71. The van der Waals surface area contributed by atoms with Gasteiger partial charge in [0.2, 0.25) is 5.91 Å². The van der Waals surface area contributed by atoms with Gasteiger partial charge in [-0.1, -0.05) is 20.3 Å². The summed E-state index contributed by atoms with van der Waals surface area (Å²) in [5.74, 6) is 0.0244. The van der Waals surface area contributed by atoms with Crippen LogP contribution in [0.3, 0.4) is 0 Å². The number of nitrogens with one attached hydrogen (secondary N) is 1. The zero-order valence-electron chi connectivity index (χ0n) is 11.4. The molecule has 0 unspecified atom stereocenters. The van der Waals surface area contributed by atoms with E-state index in [-0.39, 0.29) is 11.8 Å². The summed E-state index contributed by atoms with van der Waals surface area (Å²) in [4.78, 5) is 11.7. The summed E-state index contributed by atoms with van der Waals surface area (Å²) in [5.41, 5.74) is 5.81. The van der Waals surface area contributed by atoms with E-state index in [4.69, 9.17) is 15.2 Å². The lowest BCUT2D eigenvalue weighted by atomic mass is 9.99. The minimum absolute atomic E-state index is 0.149. The van der Waals surface area contributed by atoms with Gasteiger partial charge in [-0.15, -0.1) is 0 Å². The van der Waals surface area contributed by atoms with Crippen molar-refractivity contribution in [3.05, 3.63) is 0 Å². The zero-order valence-corrected chi connectivity index (χ0v) is 11.4. The highest BCUT2D eigenvalue weighted by molar-refractivity contribution is 5.81. The molecule has 0 heterocycles. The highest BCUT2D eigenvalue weighted by Gasteiger charge is 2.20. The molecule has 102 valence electrons. The van der Waals surface area contributed by atoms with Crippen LogP contribution in [-0.2, 0) is 14.3 Å². The van der Waals surface area contributed by atoms with E-state index in [9.17, 15) is 4.79 Å². The van der Waals surface area contributed by atoms with E-state index in [0.29, 0.717) is 19.8 Å². The predicted octanol–water partition coefficient (Wildman–Crippen LogP) is 0.875. The molecule has 0 rings (SSSR count). The molecule has 0 radical (unpaired) electrons. The third kappa shape index (κ3) is 6.61. The highest BCUT2D eigenvalue weighted by atomic mass is 16.7. The Hall–Kier alpha value is -0.650. The summed E-state index contributed by atoms with van der Waals surface area (Å²) in [6.07, 6.45) is 0.493. The Morgan fingerprint density at radius 1 is 1.24 bits per heavy atom. The molecule has 0 fully saturated rings. The number of hydrogen-bond donors (Lipinski definition) is 2. The molecule has 0 aliphatic rings. The monoisotopic (exact) mass is 246 g/mol. The van der Waals surface area contributed by atoms with Crippen molar-refractivity contribution in [2.45, 2.75) is 46.4 Å². The maximum atomic E-state index is 11.7. The predicted molar refractivity (Wildman–Crippen MR) is 67.5 cm³/mol. The lowest BCUT2D eigenvalue weighted by Gasteiger charge is -2.21. The van der Waals surface area contributed by atoms with Gasteiger partial charge in [-0.05, 0) is 19.8 Å². The molecule has 0 aliphatic carbocycles. The van der Waals surface area contributed by atoms with Crippen LogP contribution in [0, 0.1) is 5.92 Å². The molecule has 1 amide bonds. The van der Waals surface area contributed by atoms with Crippen LogP contribution >= 0.6 is 0 Å². The number of hydrogen-bond acceptors (Lipinski definition) is 4. The first-order valence-corrected chi connectivity index (χ1v) is 6.33. The molecule has 2 atom stereocenters. The van der Waals surface area contributed by atoms with Crippen LogP contribution in [-0.4, -0.2) is 38.0 Å². The lowest BCUT2D eigenvalue weighted by Crippen LogP contribution is -2.47. The first-order chi connectivity index (χ1) is 8.06. The maximum absolute atomic E-state index is 11.7. The summed E-state index contributed by atoms with van der Waals surface area (Å²) in [6.45, 7) is 9.20. The second-order valence-corrected chi connectivity index (χ2v) is 4.00. The van der Waals surface area contributed by atoms with Crippen molar-refractivity contribution in [1.29, 1.82) is 0 Å². The van der Waals surface area contributed by atoms with Crippen molar-refractivity contribution in [2.24, 2.45) is 11.7 Å². The van der Waals surface area contributed by atoms with Crippen LogP contribution in [0.2, 0.25) is 0 Å². The smallest absolute Gasteiger partial charge is 0.237 e. The molecule has 5 nitrogen and oxygen atoms in total. The number of amides is 1. The highest BCUT2D eigenvalue weighted by Crippen LogP contribution is 2.05. The first kappa shape index (κ1) is 16.4. The standard InChI is InChI=1S/C12H26N2O3/c1-5-9(4)11(13)12(15)14-8-10(16-6-2)17-7-3/h9-11H,5-8,13H2,1-4H3,(H,14,15)/t9-,11-/m0/s1. The summed E-state index contributed by atoms with van der Waals surface area (Å²) in [6, 6.07) is -0.469. The molecule has 0 aliphatic heterocycles. The van der Waals surface area contributed by atoms with Crippen molar-refractivity contribution < 1.29 is 14.3 Å². The first-order valence-electron chi connectivity index (χ1n) is 6.33. The normalized spacial score (nSPS) is 14.7. The van der Waals surface area contributed by atoms with E-state index >= 15 is 0 Å². The van der Waals surface area contributed by atoms with Gasteiger partial charge < -0.3 is 20.5 Å². The van der Waals surface area contributed by atoms with Gasteiger partial charge in [0.15, 0.2) is 6.29 Å². The van der Waals surface area contributed by atoms with E-state index in [1.54, 1.807) is 0 Å². The molecular formula is C12H26N2O3. The van der Waals surface area contributed by atoms with Crippen molar-refractivity contribution in [1.82, 2.24) is 5.32 Å². The van der Waals surface area contributed by atoms with Gasteiger partial charge in [0.1, 0.15) is 0 Å². The van der Waals surface area contributed by atoms with Crippen molar-refractivity contribution in [3.63, 3.8) is 0 Å². The molecule has 0 saturated carbocycles. The topological polar surface area (TPSA) is 73.6 Å². The number of nitrogens with two attached hydrogens (primary N) is 1. The van der Waals surface area contributed by atoms with Gasteiger partial charge in [-0.3, -0.25) is 4.79 Å². The molecule has 0 aromatic rings. The molecule has 5 heteroatoms. The van der Waals surface area contributed by atoms with Crippen LogP contribution in [0.5, 0.6) is 0 Å². The van der Waals surface area contributed by atoms with Gasteiger partial charge in [0, 0.05) is 13.2 Å². The molecule has 17 heavy (non-hydrogen) atoms. The molecule has 0 aromatic carbocycles. The average molecular weight is 246 g/mol. The maximum Gasteiger partial charge on any atom is 0.237 e. The van der Waals surface area contributed by atoms with Crippen LogP contribution < -0.4 is 11.1 Å². The summed E-state index contributed by atoms with van der Waals surface area (Å²) < 4.78 is 10.6. The summed E-state index contributed by atoms with van der Waals surface area (Å²) >= 11 is 0. The Bertz CT molecular complexity index is 206. The van der Waals surface area contributed by atoms with E-state index < -0.39 is 12.3 Å². The molecule has 0 spiro atoms. The SMILES string of the molecule is CCOC(CNC(=O)[C@@H](N)[C@@H](C)CC)OCC. The lowest BCUT2D eigenvalue weighted by molar-refractivity contribution is -0.141. The molecule has 3 N–H and O–H groups in total. The van der Waals surface area contributed by atoms with E-state index in [0.717, 1.165) is 6.42 Å². The number of rotatable bonds is 9. The van der Waals surface area contributed by atoms with Gasteiger partial charge in [0.25, 0.3) is 0 Å². The Balaban J connectivity index is 4.02. The Kier molecular flexibility index (Phi) is 9.03. The third-order valence-electron chi connectivity index (χ3n) is 2.71. The average Bonchev–Trinajstić information content (AvgIpc) is 2.34. The molecule has 0 aromatic heterocycles. The second-order valence-electron chi connectivity index (χ2n) is 4.00. The second kappa shape index (κ2) is 9.39. The zero-order chi connectivity index (χ0) is 13.3. The molecule has 0 bridgehead atoms. The quantitative estimate of drug-likeness (QED) is 0.592. The Morgan fingerprint density at radius 2 is 1.76 bits per heavy atom. The van der Waals surface area contributed by atoms with E-state index in [1.807, 2.05) is 27.7 Å².